The van der Waals surface area contributed by atoms with Crippen LogP contribution in [0, 0.1) is 0 Å². The summed E-state index contributed by atoms with van der Waals surface area (Å²) in [5.74, 6) is 0. The predicted octanol–water partition coefficient (Wildman–Crippen LogP) is 3.98. The van der Waals surface area contributed by atoms with Gasteiger partial charge in [0.2, 0.25) is 0 Å². The molecule has 1 aliphatic rings. The van der Waals surface area contributed by atoms with Crippen molar-refractivity contribution >= 4 is 28.9 Å². The first-order chi connectivity index (χ1) is 9.20. The maximum atomic E-state index is 5.88. The van der Waals surface area contributed by atoms with Crippen molar-refractivity contribution in [1.82, 2.24) is 10.2 Å². The van der Waals surface area contributed by atoms with Crippen LogP contribution in [0.25, 0.3) is 0 Å². The number of hydrogen-bond acceptors (Lipinski definition) is 1. The van der Waals surface area contributed by atoms with Crippen LogP contribution in [0.15, 0.2) is 24.3 Å². The van der Waals surface area contributed by atoms with E-state index in [1.807, 2.05) is 24.3 Å². The summed E-state index contributed by atoms with van der Waals surface area (Å²) in [6.07, 6.45) is 5.01. The van der Waals surface area contributed by atoms with Crippen LogP contribution in [0.2, 0.25) is 5.02 Å². The van der Waals surface area contributed by atoms with Crippen molar-refractivity contribution in [3.05, 3.63) is 34.9 Å². The zero-order chi connectivity index (χ0) is 13.7. The average molecular weight is 297 g/mol. The number of nitrogens with one attached hydrogen (secondary N) is 1. The molecule has 1 aliphatic heterocycles. The predicted molar refractivity (Wildman–Crippen MR) is 85.5 cm³/mol. The smallest absolute Gasteiger partial charge is 0.169 e. The van der Waals surface area contributed by atoms with Gasteiger partial charge in [0.25, 0.3) is 0 Å². The normalized spacial score (nSPS) is 19.3. The van der Waals surface area contributed by atoms with Crippen LogP contribution < -0.4 is 5.32 Å². The first-order valence-electron chi connectivity index (χ1n) is 6.99. The summed E-state index contributed by atoms with van der Waals surface area (Å²) in [4.78, 5) is 2.36. The Kier molecular flexibility index (Phi) is 5.46. The molecule has 0 unspecified atom stereocenters. The summed E-state index contributed by atoms with van der Waals surface area (Å²) in [6.45, 7) is 4.10. The molecule has 1 aromatic rings. The van der Waals surface area contributed by atoms with Gasteiger partial charge in [-0.05, 0) is 55.6 Å². The maximum Gasteiger partial charge on any atom is 0.169 e. The lowest BCUT2D eigenvalue weighted by Gasteiger charge is -2.37. The fourth-order valence-corrected chi connectivity index (χ4v) is 3.01. The Labute approximate surface area is 126 Å². The minimum atomic E-state index is 0.610. The second-order valence-corrected chi connectivity index (χ2v) is 5.86. The van der Waals surface area contributed by atoms with Gasteiger partial charge in [-0.2, -0.15) is 0 Å². The van der Waals surface area contributed by atoms with Crippen molar-refractivity contribution in [3.63, 3.8) is 0 Å². The van der Waals surface area contributed by atoms with E-state index in [0.717, 1.165) is 23.2 Å². The zero-order valence-electron chi connectivity index (χ0n) is 11.4. The summed E-state index contributed by atoms with van der Waals surface area (Å²) in [6, 6.07) is 8.50. The molecule has 2 rings (SSSR count). The Balaban J connectivity index is 1.87. The van der Waals surface area contributed by atoms with Gasteiger partial charge in [0.1, 0.15) is 0 Å². The molecule has 104 valence electrons. The Morgan fingerprint density at radius 1 is 1.37 bits per heavy atom. The largest absolute Gasteiger partial charge is 0.358 e. The molecule has 2 nitrogen and oxygen atoms in total. The Morgan fingerprint density at radius 2 is 2.11 bits per heavy atom. The molecule has 1 fully saturated rings. The highest BCUT2D eigenvalue weighted by Crippen LogP contribution is 2.19. The number of thiocarbonyl (C=S) groups is 1. The topological polar surface area (TPSA) is 15.3 Å². The summed E-state index contributed by atoms with van der Waals surface area (Å²) >= 11 is 11.4. The van der Waals surface area contributed by atoms with E-state index in [2.05, 4.69) is 17.1 Å². The summed E-state index contributed by atoms with van der Waals surface area (Å²) in [7, 11) is 0. The molecule has 1 N–H and O–H groups in total. The monoisotopic (exact) mass is 296 g/mol. The highest BCUT2D eigenvalue weighted by molar-refractivity contribution is 7.80. The van der Waals surface area contributed by atoms with Gasteiger partial charge in [-0.3, -0.25) is 0 Å². The highest BCUT2D eigenvalue weighted by atomic mass is 35.5. The van der Waals surface area contributed by atoms with Gasteiger partial charge < -0.3 is 10.2 Å². The van der Waals surface area contributed by atoms with Crippen LogP contribution >= 0.6 is 23.8 Å². The molecule has 0 aromatic heterocycles. The molecule has 19 heavy (non-hydrogen) atoms. The van der Waals surface area contributed by atoms with Crippen LogP contribution in [-0.4, -0.2) is 22.6 Å². The summed E-state index contributed by atoms with van der Waals surface area (Å²) in [5.41, 5.74) is 1.21. The zero-order valence-corrected chi connectivity index (χ0v) is 12.9. The minimum absolute atomic E-state index is 0.610. The average Bonchev–Trinajstić information content (AvgIpc) is 2.46. The fraction of sp³-hybridized carbons (Fsp3) is 0.533. The number of halogens is 1. The van der Waals surface area contributed by atoms with Gasteiger partial charge in [0.05, 0.1) is 0 Å². The Morgan fingerprint density at radius 3 is 2.79 bits per heavy atom. The maximum absolute atomic E-state index is 5.88. The molecular formula is C15H21ClN2S. The van der Waals surface area contributed by atoms with E-state index < -0.39 is 0 Å². The molecule has 1 saturated heterocycles. The molecule has 1 heterocycles. The molecule has 0 bridgehead atoms. The van der Waals surface area contributed by atoms with E-state index in [1.54, 1.807) is 0 Å². The minimum Gasteiger partial charge on any atom is -0.358 e. The van der Waals surface area contributed by atoms with Crippen LogP contribution in [0.3, 0.4) is 0 Å². The first-order valence-corrected chi connectivity index (χ1v) is 7.78. The lowest BCUT2D eigenvalue weighted by molar-refractivity contribution is 0.233. The van der Waals surface area contributed by atoms with Gasteiger partial charge in [-0.25, -0.2) is 0 Å². The summed E-state index contributed by atoms with van der Waals surface area (Å²) < 4.78 is 0. The molecule has 0 radical (unpaired) electrons. The second kappa shape index (κ2) is 7.11. The fourth-order valence-electron chi connectivity index (χ4n) is 2.57. The molecule has 1 atom stereocenters. The Bertz CT molecular complexity index is 419. The number of piperidine rings is 1. The van der Waals surface area contributed by atoms with Crippen LogP contribution in [-0.2, 0) is 6.54 Å². The van der Waals surface area contributed by atoms with Crippen molar-refractivity contribution in [3.8, 4) is 0 Å². The third kappa shape index (κ3) is 4.08. The van der Waals surface area contributed by atoms with Crippen molar-refractivity contribution < 1.29 is 0 Å². The lowest BCUT2D eigenvalue weighted by atomic mass is 10.0. The van der Waals surface area contributed by atoms with Crippen molar-refractivity contribution in [1.29, 1.82) is 0 Å². The molecule has 0 spiro atoms. The van der Waals surface area contributed by atoms with E-state index in [4.69, 9.17) is 23.8 Å². The van der Waals surface area contributed by atoms with Gasteiger partial charge >= 0.3 is 0 Å². The number of rotatable bonds is 3. The van der Waals surface area contributed by atoms with Gasteiger partial charge in [0.15, 0.2) is 5.11 Å². The third-order valence-electron chi connectivity index (χ3n) is 3.72. The second-order valence-electron chi connectivity index (χ2n) is 5.04. The lowest BCUT2D eigenvalue weighted by Crippen LogP contribution is -2.48. The van der Waals surface area contributed by atoms with Crippen molar-refractivity contribution in [2.24, 2.45) is 0 Å². The van der Waals surface area contributed by atoms with Gasteiger partial charge in [0, 0.05) is 24.2 Å². The highest BCUT2D eigenvalue weighted by Gasteiger charge is 2.22. The van der Waals surface area contributed by atoms with E-state index in [0.29, 0.717) is 6.04 Å². The van der Waals surface area contributed by atoms with Gasteiger partial charge in [-0.15, -0.1) is 0 Å². The number of hydrogen-bond donors (Lipinski definition) is 1. The van der Waals surface area contributed by atoms with E-state index in [1.165, 1.54) is 31.2 Å². The van der Waals surface area contributed by atoms with E-state index >= 15 is 0 Å². The third-order valence-corrected chi connectivity index (χ3v) is 4.35. The van der Waals surface area contributed by atoms with Crippen LogP contribution in [0.1, 0.15) is 38.2 Å². The van der Waals surface area contributed by atoms with Gasteiger partial charge in [-0.1, -0.05) is 30.7 Å². The molecule has 0 saturated carbocycles. The number of benzene rings is 1. The van der Waals surface area contributed by atoms with Crippen LogP contribution in [0.5, 0.6) is 0 Å². The van der Waals surface area contributed by atoms with E-state index in [9.17, 15) is 0 Å². The quantitative estimate of drug-likeness (QED) is 0.850. The molecule has 0 aliphatic carbocycles. The summed E-state index contributed by atoms with van der Waals surface area (Å²) in [5, 5.41) is 5.03. The standard InChI is InChI=1S/C15H21ClN2S/c1-2-14-5-3-4-10-18(14)15(19)17-11-12-6-8-13(16)9-7-12/h6-9,14H,2-5,10-11H2,1H3,(H,17,19)/t14-/m1/s1. The molecule has 1 aromatic carbocycles. The number of nitrogens with zero attached hydrogens (tertiary/aromatic N) is 1. The molecule has 4 heteroatoms. The van der Waals surface area contributed by atoms with Crippen LogP contribution in [0.4, 0.5) is 0 Å². The van der Waals surface area contributed by atoms with E-state index in [-0.39, 0.29) is 0 Å². The van der Waals surface area contributed by atoms with Crippen molar-refractivity contribution in [2.45, 2.75) is 45.2 Å². The molecular weight excluding hydrogens is 276 g/mol. The Hall–Kier alpha value is -0.800. The SMILES string of the molecule is CC[C@@H]1CCCCN1C(=S)NCc1ccc(Cl)cc1. The number of likely N-dealkylation sites (tertiary alicyclic amines) is 1. The first kappa shape index (κ1) is 14.6. The van der Waals surface area contributed by atoms with Crippen molar-refractivity contribution in [2.75, 3.05) is 6.54 Å². The molecule has 0 amide bonds.